The van der Waals surface area contributed by atoms with Gasteiger partial charge in [0.25, 0.3) is 0 Å². The summed E-state index contributed by atoms with van der Waals surface area (Å²) in [6.45, 7) is 1.04. The van der Waals surface area contributed by atoms with Crippen LogP contribution in [0.5, 0.6) is 0 Å². The van der Waals surface area contributed by atoms with Gasteiger partial charge < -0.3 is 10.2 Å². The number of amides is 2. The van der Waals surface area contributed by atoms with Crippen LogP contribution < -0.4 is 10.5 Å². The second kappa shape index (κ2) is 8.24. The zero-order valence-electron chi connectivity index (χ0n) is 15.3. The zero-order valence-corrected chi connectivity index (χ0v) is 16.1. The van der Waals surface area contributed by atoms with Crippen molar-refractivity contribution in [3.8, 4) is 0 Å². The van der Waals surface area contributed by atoms with E-state index in [0.717, 1.165) is 11.1 Å². The molecule has 3 N–H and O–H groups in total. The molecule has 1 heterocycles. The number of rotatable bonds is 6. The molecule has 2 amide bonds. The Hall–Kier alpha value is -3.17. The van der Waals surface area contributed by atoms with Crippen molar-refractivity contribution >= 4 is 21.7 Å². The molecule has 0 saturated heterocycles. The Morgan fingerprint density at radius 1 is 1.11 bits per heavy atom. The lowest BCUT2D eigenvalue weighted by Crippen LogP contribution is -2.30. The molecular weight excluding hydrogens is 378 g/mol. The number of anilines is 1. The van der Waals surface area contributed by atoms with Crippen LogP contribution in [0.15, 0.2) is 71.9 Å². The largest absolute Gasteiger partial charge is 0.323 e. The van der Waals surface area contributed by atoms with Crippen molar-refractivity contribution in [2.24, 2.45) is 5.14 Å². The summed E-state index contributed by atoms with van der Waals surface area (Å²) < 4.78 is 24.4. The average Bonchev–Trinajstić information content (AvgIpc) is 3.09. The van der Waals surface area contributed by atoms with Crippen LogP contribution in [0, 0.1) is 0 Å². The average molecular weight is 399 g/mol. The van der Waals surface area contributed by atoms with Gasteiger partial charge >= 0.3 is 6.03 Å². The molecule has 0 radical (unpaired) electrons. The lowest BCUT2D eigenvalue weighted by molar-refractivity contribution is 0.220. The molecule has 0 fully saturated rings. The number of carbonyl (C=O) groups is 1. The van der Waals surface area contributed by atoms with Gasteiger partial charge in [-0.15, -0.1) is 0 Å². The van der Waals surface area contributed by atoms with Gasteiger partial charge in [-0.3, -0.25) is 4.68 Å². The number of nitrogens with zero attached hydrogens (tertiary/aromatic N) is 3. The molecule has 146 valence electrons. The topological polar surface area (TPSA) is 110 Å². The summed E-state index contributed by atoms with van der Waals surface area (Å²) in [5.41, 5.74) is 2.52. The summed E-state index contributed by atoms with van der Waals surface area (Å²) in [6.07, 6.45) is 3.63. The second-order valence-electron chi connectivity index (χ2n) is 6.39. The quantitative estimate of drug-likeness (QED) is 0.662. The maximum atomic E-state index is 12.3. The minimum Gasteiger partial charge on any atom is -0.323 e. The molecule has 0 aliphatic rings. The number of nitrogens with one attached hydrogen (secondary N) is 1. The SMILES string of the molecule is CN(Cc1cnn(Cc2ccccc2)c1)C(=O)Nc1ccc(S(N)(=O)=O)cc1. The molecular formula is C19H21N5O3S. The monoisotopic (exact) mass is 399 g/mol. The standard InChI is InChI=1S/C19H21N5O3S/c1-23(19(25)22-17-7-9-18(10-8-17)28(20,26)27)12-16-11-21-24(14-16)13-15-5-3-2-4-6-15/h2-11,14H,12-13H2,1H3,(H,22,25)(H2,20,26,27). The first kappa shape index (κ1) is 19.6. The molecule has 3 aromatic rings. The van der Waals surface area contributed by atoms with E-state index < -0.39 is 10.0 Å². The highest BCUT2D eigenvalue weighted by atomic mass is 32.2. The molecule has 1 aromatic heterocycles. The summed E-state index contributed by atoms with van der Waals surface area (Å²) in [5, 5.41) is 12.1. The first-order chi connectivity index (χ1) is 13.3. The van der Waals surface area contributed by atoms with Crippen molar-refractivity contribution < 1.29 is 13.2 Å². The van der Waals surface area contributed by atoms with Gasteiger partial charge in [0.1, 0.15) is 0 Å². The number of benzene rings is 2. The fraction of sp³-hybridized carbons (Fsp3) is 0.158. The Morgan fingerprint density at radius 2 is 1.79 bits per heavy atom. The Kier molecular flexibility index (Phi) is 5.76. The number of primary sulfonamides is 1. The van der Waals surface area contributed by atoms with Gasteiger partial charge in [0.15, 0.2) is 0 Å². The summed E-state index contributed by atoms with van der Waals surface area (Å²) in [4.78, 5) is 13.8. The molecule has 8 nitrogen and oxygen atoms in total. The summed E-state index contributed by atoms with van der Waals surface area (Å²) in [6, 6.07) is 15.3. The number of hydrogen-bond donors (Lipinski definition) is 2. The van der Waals surface area contributed by atoms with E-state index >= 15 is 0 Å². The zero-order chi connectivity index (χ0) is 20.1. The maximum absolute atomic E-state index is 12.3. The number of urea groups is 1. The third kappa shape index (κ3) is 5.18. The van der Waals surface area contributed by atoms with E-state index in [-0.39, 0.29) is 10.9 Å². The van der Waals surface area contributed by atoms with Crippen LogP contribution in [0.2, 0.25) is 0 Å². The molecule has 9 heteroatoms. The van der Waals surface area contributed by atoms with E-state index in [1.807, 2.05) is 41.2 Å². The number of sulfonamides is 1. The van der Waals surface area contributed by atoms with E-state index in [1.54, 1.807) is 13.2 Å². The minimum absolute atomic E-state index is 0.00955. The highest BCUT2D eigenvalue weighted by Crippen LogP contribution is 2.14. The molecule has 0 atom stereocenters. The van der Waals surface area contributed by atoms with Crippen LogP contribution in [-0.2, 0) is 23.1 Å². The third-order valence-electron chi connectivity index (χ3n) is 4.07. The van der Waals surface area contributed by atoms with Crippen molar-refractivity contribution in [1.29, 1.82) is 0 Å². The van der Waals surface area contributed by atoms with Crippen LogP contribution in [-0.4, -0.2) is 36.2 Å². The molecule has 0 spiro atoms. The van der Waals surface area contributed by atoms with Gasteiger partial charge in [-0.05, 0) is 29.8 Å². The van der Waals surface area contributed by atoms with Crippen LogP contribution in [0.3, 0.4) is 0 Å². The van der Waals surface area contributed by atoms with Gasteiger partial charge in [0.05, 0.1) is 24.2 Å². The first-order valence-corrected chi connectivity index (χ1v) is 10.1. The van der Waals surface area contributed by atoms with Crippen molar-refractivity contribution in [3.63, 3.8) is 0 Å². The van der Waals surface area contributed by atoms with Crippen LogP contribution >= 0.6 is 0 Å². The molecule has 0 aliphatic carbocycles. The number of hydrogen-bond acceptors (Lipinski definition) is 4. The lowest BCUT2D eigenvalue weighted by atomic mass is 10.2. The molecule has 0 saturated carbocycles. The fourth-order valence-corrected chi connectivity index (χ4v) is 3.15. The van der Waals surface area contributed by atoms with E-state index in [0.29, 0.717) is 18.8 Å². The Labute approximate surface area is 163 Å². The van der Waals surface area contributed by atoms with Crippen LogP contribution in [0.25, 0.3) is 0 Å². The Balaban J connectivity index is 1.57. The molecule has 0 bridgehead atoms. The summed E-state index contributed by atoms with van der Waals surface area (Å²) >= 11 is 0. The highest BCUT2D eigenvalue weighted by molar-refractivity contribution is 7.89. The Morgan fingerprint density at radius 3 is 2.43 bits per heavy atom. The fourth-order valence-electron chi connectivity index (χ4n) is 2.64. The van der Waals surface area contributed by atoms with Gasteiger partial charge in [-0.1, -0.05) is 30.3 Å². The predicted octanol–water partition coefficient (Wildman–Crippen LogP) is 2.24. The van der Waals surface area contributed by atoms with Crippen LogP contribution in [0.4, 0.5) is 10.5 Å². The Bertz CT molecular complexity index is 1050. The van der Waals surface area contributed by atoms with Gasteiger partial charge in [0.2, 0.25) is 10.0 Å². The minimum atomic E-state index is -3.76. The van der Waals surface area contributed by atoms with E-state index in [1.165, 1.54) is 29.2 Å². The number of nitrogens with two attached hydrogens (primary N) is 1. The predicted molar refractivity (Wildman–Crippen MR) is 106 cm³/mol. The first-order valence-electron chi connectivity index (χ1n) is 8.51. The van der Waals surface area contributed by atoms with Gasteiger partial charge in [-0.25, -0.2) is 18.4 Å². The van der Waals surface area contributed by atoms with Gasteiger partial charge in [-0.2, -0.15) is 5.10 Å². The third-order valence-corrected chi connectivity index (χ3v) is 5.00. The van der Waals surface area contributed by atoms with Gasteiger partial charge in [0, 0.05) is 24.5 Å². The van der Waals surface area contributed by atoms with Crippen LogP contribution in [0.1, 0.15) is 11.1 Å². The molecule has 2 aromatic carbocycles. The van der Waals surface area contributed by atoms with E-state index in [4.69, 9.17) is 5.14 Å². The van der Waals surface area contributed by atoms with Crippen molar-refractivity contribution in [2.75, 3.05) is 12.4 Å². The second-order valence-corrected chi connectivity index (χ2v) is 7.95. The number of carbonyl (C=O) groups excluding carboxylic acids is 1. The number of aromatic nitrogens is 2. The van der Waals surface area contributed by atoms with E-state index in [9.17, 15) is 13.2 Å². The smallest absolute Gasteiger partial charge is 0.321 e. The van der Waals surface area contributed by atoms with Crippen molar-refractivity contribution in [2.45, 2.75) is 18.0 Å². The summed E-state index contributed by atoms with van der Waals surface area (Å²) in [7, 11) is -2.09. The molecule has 0 unspecified atom stereocenters. The normalized spacial score (nSPS) is 11.2. The lowest BCUT2D eigenvalue weighted by Gasteiger charge is -2.17. The van der Waals surface area contributed by atoms with E-state index in [2.05, 4.69) is 10.4 Å². The molecule has 0 aliphatic heterocycles. The maximum Gasteiger partial charge on any atom is 0.321 e. The molecule has 28 heavy (non-hydrogen) atoms. The highest BCUT2D eigenvalue weighted by Gasteiger charge is 2.12. The van der Waals surface area contributed by atoms with Crippen molar-refractivity contribution in [1.82, 2.24) is 14.7 Å². The molecule has 3 rings (SSSR count). The summed E-state index contributed by atoms with van der Waals surface area (Å²) in [5.74, 6) is 0. The van der Waals surface area contributed by atoms with Crippen molar-refractivity contribution in [3.05, 3.63) is 78.1 Å².